The first-order valence-electron chi connectivity index (χ1n) is 6.82. The number of benzene rings is 1. The minimum atomic E-state index is -0.961. The molecule has 0 aliphatic rings. The van der Waals surface area contributed by atoms with Crippen molar-refractivity contribution in [1.82, 2.24) is 9.38 Å². The Labute approximate surface area is 130 Å². The van der Waals surface area contributed by atoms with Crippen LogP contribution in [0.3, 0.4) is 0 Å². The second kappa shape index (κ2) is 5.68. The number of carbonyl (C=O) groups excluding carboxylic acids is 1. The molecule has 2 heterocycles. The highest BCUT2D eigenvalue weighted by molar-refractivity contribution is 5.93. The molecule has 118 valence electrons. The van der Waals surface area contributed by atoms with Crippen LogP contribution in [0.15, 0.2) is 36.4 Å². The van der Waals surface area contributed by atoms with E-state index in [0.29, 0.717) is 11.3 Å². The van der Waals surface area contributed by atoms with Gasteiger partial charge < -0.3 is 10.5 Å². The lowest BCUT2D eigenvalue weighted by Crippen LogP contribution is -2.16. The lowest BCUT2D eigenvalue weighted by atomic mass is 10.2. The molecule has 0 saturated carbocycles. The lowest BCUT2D eigenvalue weighted by molar-refractivity contribution is 0.0992. The number of hydrogen-bond acceptors (Lipinski definition) is 3. The van der Waals surface area contributed by atoms with Crippen LogP contribution < -0.4 is 10.5 Å². The first-order chi connectivity index (χ1) is 11.0. The van der Waals surface area contributed by atoms with Crippen molar-refractivity contribution in [2.45, 2.75) is 13.5 Å². The summed E-state index contributed by atoms with van der Waals surface area (Å²) in [6.45, 7) is 1.46. The SMILES string of the molecule is Cc1nc2cccc(OCc3cccc(F)c3F)n2c1C(N)=O. The van der Waals surface area contributed by atoms with Crippen LogP contribution in [-0.4, -0.2) is 15.3 Å². The molecule has 3 aromatic rings. The van der Waals surface area contributed by atoms with E-state index in [-0.39, 0.29) is 23.7 Å². The first-order valence-corrected chi connectivity index (χ1v) is 6.82. The molecular weight excluding hydrogens is 304 g/mol. The van der Waals surface area contributed by atoms with Gasteiger partial charge in [-0.2, -0.15) is 0 Å². The van der Waals surface area contributed by atoms with E-state index >= 15 is 0 Å². The van der Waals surface area contributed by atoms with Gasteiger partial charge in [-0.3, -0.25) is 9.20 Å². The van der Waals surface area contributed by atoms with Crippen LogP contribution in [0, 0.1) is 18.6 Å². The number of nitrogens with zero attached hydrogens (tertiary/aromatic N) is 2. The van der Waals surface area contributed by atoms with Crippen molar-refractivity contribution in [1.29, 1.82) is 0 Å². The molecule has 0 atom stereocenters. The average Bonchev–Trinajstić information content (AvgIpc) is 2.85. The number of aryl methyl sites for hydroxylation is 1. The number of primary amides is 1. The number of pyridine rings is 1. The largest absolute Gasteiger partial charge is 0.474 e. The van der Waals surface area contributed by atoms with Gasteiger partial charge in [-0.1, -0.05) is 18.2 Å². The number of halogens is 2. The van der Waals surface area contributed by atoms with Gasteiger partial charge in [-0.15, -0.1) is 0 Å². The molecule has 0 radical (unpaired) electrons. The molecule has 0 fully saturated rings. The summed E-state index contributed by atoms with van der Waals surface area (Å²) in [6.07, 6.45) is 0. The fourth-order valence-corrected chi connectivity index (χ4v) is 2.39. The fraction of sp³-hybridized carbons (Fsp3) is 0.125. The normalized spacial score (nSPS) is 10.9. The predicted octanol–water partition coefficient (Wildman–Crippen LogP) is 2.60. The molecule has 3 rings (SSSR count). The predicted molar refractivity (Wildman–Crippen MR) is 79.1 cm³/mol. The monoisotopic (exact) mass is 317 g/mol. The number of fused-ring (bicyclic) bond motifs is 1. The Balaban J connectivity index is 2.00. The van der Waals surface area contributed by atoms with Crippen LogP contribution in [0.25, 0.3) is 5.65 Å². The summed E-state index contributed by atoms with van der Waals surface area (Å²) in [5.41, 5.74) is 6.58. The Kier molecular flexibility index (Phi) is 3.69. The van der Waals surface area contributed by atoms with Gasteiger partial charge in [0.15, 0.2) is 17.5 Å². The summed E-state index contributed by atoms with van der Waals surface area (Å²) >= 11 is 0. The Bertz CT molecular complexity index is 906. The number of amides is 1. The molecule has 5 nitrogen and oxygen atoms in total. The molecule has 7 heteroatoms. The maximum atomic E-state index is 13.7. The van der Waals surface area contributed by atoms with E-state index in [1.807, 2.05) is 0 Å². The lowest BCUT2D eigenvalue weighted by Gasteiger charge is -2.10. The van der Waals surface area contributed by atoms with Crippen molar-refractivity contribution < 1.29 is 18.3 Å². The summed E-state index contributed by atoms with van der Waals surface area (Å²) in [4.78, 5) is 15.8. The average molecular weight is 317 g/mol. The molecule has 2 aromatic heterocycles. The molecule has 1 aromatic carbocycles. The number of hydrogen-bond donors (Lipinski definition) is 1. The van der Waals surface area contributed by atoms with Gasteiger partial charge in [0.25, 0.3) is 5.91 Å². The second-order valence-electron chi connectivity index (χ2n) is 4.97. The van der Waals surface area contributed by atoms with Gasteiger partial charge in [0.1, 0.15) is 17.9 Å². The smallest absolute Gasteiger partial charge is 0.267 e. The summed E-state index contributed by atoms with van der Waals surface area (Å²) < 4.78 is 33.9. The number of aromatic nitrogens is 2. The van der Waals surface area contributed by atoms with E-state index < -0.39 is 17.5 Å². The van der Waals surface area contributed by atoms with Crippen LogP contribution in [-0.2, 0) is 6.61 Å². The number of nitrogens with two attached hydrogens (primary N) is 1. The third kappa shape index (κ3) is 2.61. The zero-order valence-electron chi connectivity index (χ0n) is 12.2. The minimum Gasteiger partial charge on any atom is -0.474 e. The summed E-state index contributed by atoms with van der Waals surface area (Å²) in [6, 6.07) is 8.82. The standard InChI is InChI=1S/C16H13F2N3O2/c1-9-15(16(19)22)21-12(20-9)6-3-7-13(21)23-8-10-4-2-5-11(17)14(10)18/h2-7H,8H2,1H3,(H2,19,22). The van der Waals surface area contributed by atoms with Crippen LogP contribution in [0.2, 0.25) is 0 Å². The highest BCUT2D eigenvalue weighted by Crippen LogP contribution is 2.21. The van der Waals surface area contributed by atoms with Gasteiger partial charge in [0.2, 0.25) is 0 Å². The molecule has 0 spiro atoms. The molecule has 0 aliphatic carbocycles. The topological polar surface area (TPSA) is 69.6 Å². The van der Waals surface area contributed by atoms with E-state index in [2.05, 4.69) is 4.98 Å². The van der Waals surface area contributed by atoms with Crippen LogP contribution in [0.4, 0.5) is 8.78 Å². The van der Waals surface area contributed by atoms with E-state index in [0.717, 1.165) is 6.07 Å². The molecule has 0 saturated heterocycles. The molecule has 2 N–H and O–H groups in total. The van der Waals surface area contributed by atoms with Crippen molar-refractivity contribution in [3.63, 3.8) is 0 Å². The van der Waals surface area contributed by atoms with Crippen LogP contribution >= 0.6 is 0 Å². The van der Waals surface area contributed by atoms with Gasteiger partial charge in [0.05, 0.1) is 5.69 Å². The first kappa shape index (κ1) is 15.0. The van der Waals surface area contributed by atoms with Crippen molar-refractivity contribution >= 4 is 11.6 Å². The zero-order chi connectivity index (χ0) is 16.6. The Morgan fingerprint density at radius 3 is 2.74 bits per heavy atom. The number of carbonyl (C=O) groups is 1. The quantitative estimate of drug-likeness (QED) is 0.804. The van der Waals surface area contributed by atoms with Gasteiger partial charge in [-0.05, 0) is 25.1 Å². The minimum absolute atomic E-state index is 0.0689. The fourth-order valence-electron chi connectivity index (χ4n) is 2.39. The summed E-state index contributed by atoms with van der Waals surface area (Å²) in [7, 11) is 0. The van der Waals surface area contributed by atoms with Crippen LogP contribution in [0.5, 0.6) is 5.88 Å². The van der Waals surface area contributed by atoms with Crippen molar-refractivity contribution in [2.75, 3.05) is 0 Å². The highest BCUT2D eigenvalue weighted by atomic mass is 19.2. The van der Waals surface area contributed by atoms with Crippen molar-refractivity contribution in [3.8, 4) is 5.88 Å². The summed E-state index contributed by atoms with van der Waals surface area (Å²) in [5.74, 6) is -2.29. The molecule has 1 amide bonds. The molecular formula is C16H13F2N3O2. The number of imidazole rings is 1. The second-order valence-corrected chi connectivity index (χ2v) is 4.97. The number of rotatable bonds is 4. The van der Waals surface area contributed by atoms with E-state index in [9.17, 15) is 13.6 Å². The third-order valence-corrected chi connectivity index (χ3v) is 3.42. The maximum Gasteiger partial charge on any atom is 0.267 e. The molecule has 0 aliphatic heterocycles. The highest BCUT2D eigenvalue weighted by Gasteiger charge is 2.17. The number of ether oxygens (including phenoxy) is 1. The van der Waals surface area contributed by atoms with E-state index in [4.69, 9.17) is 10.5 Å². The molecule has 23 heavy (non-hydrogen) atoms. The Morgan fingerprint density at radius 1 is 1.26 bits per heavy atom. The zero-order valence-corrected chi connectivity index (χ0v) is 12.2. The third-order valence-electron chi connectivity index (χ3n) is 3.42. The summed E-state index contributed by atoms with van der Waals surface area (Å²) in [5, 5.41) is 0. The van der Waals surface area contributed by atoms with E-state index in [1.54, 1.807) is 25.1 Å². The van der Waals surface area contributed by atoms with Gasteiger partial charge in [0, 0.05) is 5.56 Å². The van der Waals surface area contributed by atoms with E-state index in [1.165, 1.54) is 16.5 Å². The van der Waals surface area contributed by atoms with Crippen molar-refractivity contribution in [3.05, 3.63) is 65.0 Å². The molecule has 0 bridgehead atoms. The van der Waals surface area contributed by atoms with Gasteiger partial charge in [-0.25, -0.2) is 13.8 Å². The Hall–Kier alpha value is -2.96. The molecule has 0 unspecified atom stereocenters. The van der Waals surface area contributed by atoms with Gasteiger partial charge >= 0.3 is 0 Å². The maximum absolute atomic E-state index is 13.7. The Morgan fingerprint density at radius 2 is 2.00 bits per heavy atom. The van der Waals surface area contributed by atoms with Crippen molar-refractivity contribution in [2.24, 2.45) is 5.73 Å². The van der Waals surface area contributed by atoms with Crippen LogP contribution in [0.1, 0.15) is 21.7 Å².